The number of nitrogens with one attached hydrogen (secondary N) is 1. The summed E-state index contributed by atoms with van der Waals surface area (Å²) in [5, 5.41) is 8.30. The minimum Gasteiger partial charge on any atom is -0.452 e. The normalized spacial score (nSPS) is 10.4. The highest BCUT2D eigenvalue weighted by atomic mass is 32.1. The lowest BCUT2D eigenvalue weighted by molar-refractivity contribution is 0.0429. The van der Waals surface area contributed by atoms with E-state index in [-0.39, 0.29) is 18.4 Å². The van der Waals surface area contributed by atoms with Crippen molar-refractivity contribution in [3.05, 3.63) is 63.9 Å². The molecule has 3 aromatic rings. The number of aryl methyl sites for hydroxylation is 1. The van der Waals surface area contributed by atoms with Gasteiger partial charge in [0.25, 0.3) is 11.8 Å². The van der Waals surface area contributed by atoms with Gasteiger partial charge in [0.05, 0.1) is 10.4 Å². The van der Waals surface area contributed by atoms with Crippen molar-refractivity contribution in [2.45, 2.75) is 20.0 Å². The average molecular weight is 357 g/mol. The van der Waals surface area contributed by atoms with Gasteiger partial charge in [-0.05, 0) is 29.6 Å². The molecular weight excluding hydrogens is 342 g/mol. The van der Waals surface area contributed by atoms with Crippen LogP contribution in [0.15, 0.2) is 46.3 Å². The first-order chi connectivity index (χ1) is 12.2. The fourth-order valence-electron chi connectivity index (χ4n) is 2.03. The zero-order valence-corrected chi connectivity index (χ0v) is 14.2. The molecule has 0 fully saturated rings. The molecule has 128 valence electrons. The summed E-state index contributed by atoms with van der Waals surface area (Å²) in [6, 6.07) is 10.1. The smallest absolute Gasteiger partial charge is 0.338 e. The van der Waals surface area contributed by atoms with Crippen LogP contribution in [0.1, 0.15) is 38.7 Å². The van der Waals surface area contributed by atoms with E-state index in [4.69, 9.17) is 9.26 Å². The van der Waals surface area contributed by atoms with E-state index in [1.165, 1.54) is 11.3 Å². The van der Waals surface area contributed by atoms with Gasteiger partial charge in [-0.1, -0.05) is 24.2 Å². The van der Waals surface area contributed by atoms with Crippen molar-refractivity contribution in [2.24, 2.45) is 0 Å². The molecule has 1 amide bonds. The first kappa shape index (κ1) is 16.8. The molecule has 1 aromatic carbocycles. The van der Waals surface area contributed by atoms with Crippen molar-refractivity contribution >= 4 is 28.9 Å². The summed E-state index contributed by atoms with van der Waals surface area (Å²) in [6.45, 7) is 1.80. The Hall–Kier alpha value is -3.00. The molecule has 0 aliphatic rings. The summed E-state index contributed by atoms with van der Waals surface area (Å²) in [7, 11) is 0. The maximum atomic E-state index is 12.1. The lowest BCUT2D eigenvalue weighted by atomic mass is 10.2. The van der Waals surface area contributed by atoms with E-state index in [1.54, 1.807) is 36.4 Å². The van der Waals surface area contributed by atoms with Gasteiger partial charge in [0.15, 0.2) is 12.4 Å². The Bertz CT molecular complexity index is 874. The monoisotopic (exact) mass is 357 g/mol. The minimum absolute atomic E-state index is 0.0996. The number of carbonyl (C=O) groups is 2. The van der Waals surface area contributed by atoms with Crippen molar-refractivity contribution < 1.29 is 18.8 Å². The van der Waals surface area contributed by atoms with E-state index in [0.717, 1.165) is 0 Å². The van der Waals surface area contributed by atoms with Crippen LogP contribution in [0, 0.1) is 0 Å². The van der Waals surface area contributed by atoms with E-state index in [0.29, 0.717) is 28.4 Å². The third-order valence-corrected chi connectivity index (χ3v) is 4.12. The van der Waals surface area contributed by atoms with Gasteiger partial charge >= 0.3 is 5.97 Å². The predicted molar refractivity (Wildman–Crippen MR) is 91.5 cm³/mol. The van der Waals surface area contributed by atoms with Gasteiger partial charge in [0.2, 0.25) is 0 Å². The Balaban J connectivity index is 1.62. The summed E-state index contributed by atoms with van der Waals surface area (Å²) in [4.78, 5) is 28.9. The molecule has 0 radical (unpaired) electrons. The third kappa shape index (κ3) is 4.30. The number of anilines is 1. The average Bonchev–Trinajstić information content (AvgIpc) is 3.31. The number of aromatic nitrogens is 2. The number of amides is 1. The maximum absolute atomic E-state index is 12.1. The quantitative estimate of drug-likeness (QED) is 0.680. The van der Waals surface area contributed by atoms with Gasteiger partial charge in [-0.3, -0.25) is 4.79 Å². The molecular formula is C17H15N3O4S. The first-order valence-corrected chi connectivity index (χ1v) is 8.47. The first-order valence-electron chi connectivity index (χ1n) is 7.59. The number of rotatable bonds is 6. The number of benzene rings is 1. The van der Waals surface area contributed by atoms with Crippen LogP contribution in [0.3, 0.4) is 0 Å². The molecule has 0 aliphatic carbocycles. The Labute approximate surface area is 147 Å². The highest BCUT2D eigenvalue weighted by molar-refractivity contribution is 7.12. The molecule has 2 heterocycles. The molecule has 0 saturated heterocycles. The van der Waals surface area contributed by atoms with Crippen LogP contribution in [0.4, 0.5) is 5.69 Å². The van der Waals surface area contributed by atoms with Crippen LogP contribution < -0.4 is 5.32 Å². The number of esters is 1. The molecule has 0 spiro atoms. The second-order valence-electron chi connectivity index (χ2n) is 5.05. The highest BCUT2D eigenvalue weighted by Crippen LogP contribution is 2.16. The van der Waals surface area contributed by atoms with E-state index in [2.05, 4.69) is 15.5 Å². The predicted octanol–water partition coefficient (Wildman–Crippen LogP) is 3.30. The molecule has 25 heavy (non-hydrogen) atoms. The van der Waals surface area contributed by atoms with Crippen molar-refractivity contribution in [3.8, 4) is 0 Å². The Morgan fingerprint density at radius 2 is 2.16 bits per heavy atom. The fourth-order valence-corrected chi connectivity index (χ4v) is 2.65. The van der Waals surface area contributed by atoms with Crippen LogP contribution >= 0.6 is 11.3 Å². The van der Waals surface area contributed by atoms with Gasteiger partial charge in [0.1, 0.15) is 0 Å². The van der Waals surface area contributed by atoms with Crippen molar-refractivity contribution in [1.29, 1.82) is 0 Å². The van der Waals surface area contributed by atoms with Gasteiger partial charge < -0.3 is 14.6 Å². The van der Waals surface area contributed by atoms with E-state index >= 15 is 0 Å². The summed E-state index contributed by atoms with van der Waals surface area (Å²) >= 11 is 1.34. The fraction of sp³-hybridized carbons (Fsp3) is 0.176. The topological polar surface area (TPSA) is 94.3 Å². The van der Waals surface area contributed by atoms with Crippen molar-refractivity contribution in [3.63, 3.8) is 0 Å². The summed E-state index contributed by atoms with van der Waals surface area (Å²) in [6.07, 6.45) is 0.642. The minimum atomic E-state index is -0.538. The summed E-state index contributed by atoms with van der Waals surface area (Å²) < 4.78 is 10.1. The molecule has 1 N–H and O–H groups in total. The largest absolute Gasteiger partial charge is 0.452 e. The molecule has 0 atom stereocenters. The number of hydrogen-bond acceptors (Lipinski definition) is 7. The van der Waals surface area contributed by atoms with Gasteiger partial charge in [-0.15, -0.1) is 11.3 Å². The van der Waals surface area contributed by atoms with Crippen LogP contribution in [-0.2, 0) is 17.8 Å². The van der Waals surface area contributed by atoms with Crippen molar-refractivity contribution in [2.75, 3.05) is 5.32 Å². The van der Waals surface area contributed by atoms with Gasteiger partial charge in [0, 0.05) is 12.1 Å². The molecule has 7 nitrogen and oxygen atoms in total. The summed E-state index contributed by atoms with van der Waals surface area (Å²) in [5.41, 5.74) is 0.832. The Morgan fingerprint density at radius 3 is 2.88 bits per heavy atom. The number of carbonyl (C=O) groups excluding carboxylic acids is 2. The van der Waals surface area contributed by atoms with Crippen molar-refractivity contribution in [1.82, 2.24) is 10.1 Å². The zero-order valence-electron chi connectivity index (χ0n) is 13.4. The Kier molecular flexibility index (Phi) is 5.20. The number of thiophene rings is 1. The second-order valence-corrected chi connectivity index (χ2v) is 5.99. The summed E-state index contributed by atoms with van der Waals surface area (Å²) in [5.74, 6) is 0.0404. The molecule has 8 heteroatoms. The standard InChI is InChI=1S/C17H15N3O4S/c1-2-14-19-15(24-20-14)10-23-17(22)11-5-3-6-12(9-11)18-16(21)13-7-4-8-25-13/h3-9H,2,10H2,1H3,(H,18,21). The third-order valence-electron chi connectivity index (χ3n) is 3.25. The lowest BCUT2D eigenvalue weighted by Crippen LogP contribution is -2.11. The number of hydrogen-bond donors (Lipinski definition) is 1. The van der Waals surface area contributed by atoms with Gasteiger partial charge in [-0.25, -0.2) is 4.79 Å². The Morgan fingerprint density at radius 1 is 1.28 bits per heavy atom. The molecule has 2 aromatic heterocycles. The maximum Gasteiger partial charge on any atom is 0.338 e. The van der Waals surface area contributed by atoms with E-state index in [1.807, 2.05) is 12.3 Å². The van der Waals surface area contributed by atoms with Crippen LogP contribution in [0.2, 0.25) is 0 Å². The van der Waals surface area contributed by atoms with E-state index < -0.39 is 5.97 Å². The highest BCUT2D eigenvalue weighted by Gasteiger charge is 2.13. The van der Waals surface area contributed by atoms with Crippen LogP contribution in [0.5, 0.6) is 0 Å². The van der Waals surface area contributed by atoms with Crippen LogP contribution in [-0.4, -0.2) is 22.0 Å². The molecule has 0 saturated carbocycles. The zero-order chi connectivity index (χ0) is 17.6. The number of nitrogens with zero attached hydrogens (tertiary/aromatic N) is 2. The molecule has 0 aliphatic heterocycles. The molecule has 3 rings (SSSR count). The van der Waals surface area contributed by atoms with E-state index in [9.17, 15) is 9.59 Å². The van der Waals surface area contributed by atoms with Crippen LogP contribution in [0.25, 0.3) is 0 Å². The van der Waals surface area contributed by atoms with Gasteiger partial charge in [-0.2, -0.15) is 4.98 Å². The lowest BCUT2D eigenvalue weighted by Gasteiger charge is -2.06. The SMILES string of the molecule is CCc1noc(COC(=O)c2cccc(NC(=O)c3cccs3)c2)n1. The molecule has 0 bridgehead atoms. The number of ether oxygens (including phenoxy) is 1. The second kappa shape index (κ2) is 7.71. The molecule has 0 unspecified atom stereocenters.